The van der Waals surface area contributed by atoms with Crippen LogP contribution in [-0.2, 0) is 13.0 Å². The summed E-state index contributed by atoms with van der Waals surface area (Å²) in [6.07, 6.45) is 3.56. The molecule has 2 aliphatic rings. The molecule has 1 saturated heterocycles. The van der Waals surface area contributed by atoms with Gasteiger partial charge in [0.2, 0.25) is 0 Å². The molecule has 0 radical (unpaired) electrons. The van der Waals surface area contributed by atoms with Gasteiger partial charge in [0.15, 0.2) is 5.82 Å². The standard InChI is InChI=1S/C10H15N3O/c1-2-6-13(5-1)10-8-7-11-4-3-9(8)14-12-10/h11H,1-7H2. The average molecular weight is 193 g/mol. The third kappa shape index (κ3) is 1.21. The highest BCUT2D eigenvalue weighted by atomic mass is 16.5. The van der Waals surface area contributed by atoms with Gasteiger partial charge in [-0.25, -0.2) is 0 Å². The summed E-state index contributed by atoms with van der Waals surface area (Å²) in [7, 11) is 0. The fraction of sp³-hybridized carbons (Fsp3) is 0.700. The normalized spacial score (nSPS) is 21.3. The van der Waals surface area contributed by atoms with Gasteiger partial charge < -0.3 is 14.7 Å². The van der Waals surface area contributed by atoms with Crippen LogP contribution >= 0.6 is 0 Å². The summed E-state index contributed by atoms with van der Waals surface area (Å²) >= 11 is 0. The van der Waals surface area contributed by atoms with Crippen molar-refractivity contribution in [3.63, 3.8) is 0 Å². The third-order valence-electron chi connectivity index (χ3n) is 3.09. The summed E-state index contributed by atoms with van der Waals surface area (Å²) < 4.78 is 5.37. The van der Waals surface area contributed by atoms with Crippen LogP contribution in [0.3, 0.4) is 0 Å². The smallest absolute Gasteiger partial charge is 0.176 e. The van der Waals surface area contributed by atoms with Crippen molar-refractivity contribution >= 4 is 5.82 Å². The zero-order valence-corrected chi connectivity index (χ0v) is 8.25. The Labute approximate surface area is 83.2 Å². The fourth-order valence-corrected chi connectivity index (χ4v) is 2.30. The first-order chi connectivity index (χ1) is 6.95. The largest absolute Gasteiger partial charge is 0.359 e. The molecule has 3 rings (SSSR count). The molecular weight excluding hydrogens is 178 g/mol. The van der Waals surface area contributed by atoms with Gasteiger partial charge >= 0.3 is 0 Å². The Hall–Kier alpha value is -1.03. The van der Waals surface area contributed by atoms with E-state index in [1.165, 1.54) is 18.4 Å². The SMILES string of the molecule is C1CCN(c2noc3c2CNCC3)C1. The lowest BCUT2D eigenvalue weighted by Gasteiger charge is -2.17. The third-order valence-corrected chi connectivity index (χ3v) is 3.09. The Bertz CT molecular complexity index is 328. The molecule has 4 heteroatoms. The highest BCUT2D eigenvalue weighted by molar-refractivity contribution is 5.49. The number of aromatic nitrogens is 1. The van der Waals surface area contributed by atoms with E-state index in [9.17, 15) is 0 Å². The van der Waals surface area contributed by atoms with Gasteiger partial charge in [-0.3, -0.25) is 0 Å². The Morgan fingerprint density at radius 3 is 3.00 bits per heavy atom. The molecule has 1 fully saturated rings. The van der Waals surface area contributed by atoms with Crippen LogP contribution in [0.25, 0.3) is 0 Å². The summed E-state index contributed by atoms with van der Waals surface area (Å²) in [6.45, 7) is 4.21. The molecule has 0 aliphatic carbocycles. The number of rotatable bonds is 1. The van der Waals surface area contributed by atoms with Crippen LogP contribution in [0.2, 0.25) is 0 Å². The van der Waals surface area contributed by atoms with E-state index in [2.05, 4.69) is 15.4 Å². The second-order valence-electron chi connectivity index (χ2n) is 4.03. The zero-order valence-electron chi connectivity index (χ0n) is 8.25. The van der Waals surface area contributed by atoms with Crippen LogP contribution in [0.5, 0.6) is 0 Å². The Kier molecular flexibility index (Phi) is 1.94. The Balaban J connectivity index is 1.93. The van der Waals surface area contributed by atoms with Gasteiger partial charge in [-0.2, -0.15) is 0 Å². The van der Waals surface area contributed by atoms with Gasteiger partial charge in [-0.15, -0.1) is 0 Å². The zero-order chi connectivity index (χ0) is 9.38. The van der Waals surface area contributed by atoms with Gasteiger partial charge in [0.25, 0.3) is 0 Å². The molecule has 0 bridgehead atoms. The number of nitrogens with one attached hydrogen (secondary N) is 1. The molecule has 0 atom stereocenters. The number of nitrogens with zero attached hydrogens (tertiary/aromatic N) is 2. The highest BCUT2D eigenvalue weighted by Gasteiger charge is 2.24. The van der Waals surface area contributed by atoms with Gasteiger partial charge in [-0.1, -0.05) is 5.16 Å². The maximum atomic E-state index is 5.37. The summed E-state index contributed by atoms with van der Waals surface area (Å²) in [4.78, 5) is 2.34. The molecule has 0 unspecified atom stereocenters. The van der Waals surface area contributed by atoms with Crippen molar-refractivity contribution in [2.75, 3.05) is 24.5 Å². The van der Waals surface area contributed by atoms with Gasteiger partial charge in [0, 0.05) is 32.6 Å². The molecule has 4 nitrogen and oxygen atoms in total. The van der Waals surface area contributed by atoms with E-state index in [-0.39, 0.29) is 0 Å². The predicted molar refractivity (Wildman–Crippen MR) is 53.4 cm³/mol. The fourth-order valence-electron chi connectivity index (χ4n) is 2.30. The lowest BCUT2D eigenvalue weighted by atomic mass is 10.1. The number of hydrogen-bond donors (Lipinski definition) is 1. The van der Waals surface area contributed by atoms with Crippen LogP contribution < -0.4 is 10.2 Å². The molecule has 0 amide bonds. The minimum atomic E-state index is 0.921. The lowest BCUT2D eigenvalue weighted by Crippen LogP contribution is -2.26. The minimum Gasteiger partial charge on any atom is -0.359 e. The molecule has 3 heterocycles. The maximum Gasteiger partial charge on any atom is 0.176 e. The van der Waals surface area contributed by atoms with Crippen LogP contribution in [0, 0.1) is 0 Å². The Morgan fingerprint density at radius 2 is 2.14 bits per heavy atom. The number of anilines is 1. The molecule has 0 aromatic carbocycles. The molecule has 0 spiro atoms. The van der Waals surface area contributed by atoms with Crippen molar-refractivity contribution < 1.29 is 4.52 Å². The van der Waals surface area contributed by atoms with Gasteiger partial charge in [-0.05, 0) is 12.8 Å². The minimum absolute atomic E-state index is 0.921. The molecule has 1 aromatic rings. The first-order valence-corrected chi connectivity index (χ1v) is 5.38. The van der Waals surface area contributed by atoms with Crippen molar-refractivity contribution in [2.45, 2.75) is 25.8 Å². The summed E-state index contributed by atoms with van der Waals surface area (Å²) in [5.41, 5.74) is 1.29. The second-order valence-corrected chi connectivity index (χ2v) is 4.03. The molecule has 1 aromatic heterocycles. The summed E-state index contributed by atoms with van der Waals surface area (Å²) in [5, 5.41) is 7.55. The first-order valence-electron chi connectivity index (χ1n) is 5.38. The summed E-state index contributed by atoms with van der Waals surface area (Å²) in [6, 6.07) is 0. The van der Waals surface area contributed by atoms with Crippen LogP contribution in [0.4, 0.5) is 5.82 Å². The van der Waals surface area contributed by atoms with E-state index in [1.54, 1.807) is 0 Å². The number of hydrogen-bond acceptors (Lipinski definition) is 4. The van der Waals surface area contributed by atoms with Crippen molar-refractivity contribution in [1.29, 1.82) is 0 Å². The predicted octanol–water partition coefficient (Wildman–Crippen LogP) is 0.920. The van der Waals surface area contributed by atoms with Crippen LogP contribution in [0.15, 0.2) is 4.52 Å². The molecular formula is C10H15N3O. The van der Waals surface area contributed by atoms with Crippen LogP contribution in [0.1, 0.15) is 24.2 Å². The van der Waals surface area contributed by atoms with E-state index >= 15 is 0 Å². The van der Waals surface area contributed by atoms with Crippen molar-refractivity contribution in [1.82, 2.24) is 10.5 Å². The molecule has 0 saturated carbocycles. The molecule has 1 N–H and O–H groups in total. The van der Waals surface area contributed by atoms with E-state index in [0.717, 1.165) is 44.2 Å². The average Bonchev–Trinajstić information content (AvgIpc) is 2.85. The quantitative estimate of drug-likeness (QED) is 0.720. The van der Waals surface area contributed by atoms with Crippen molar-refractivity contribution in [2.24, 2.45) is 0 Å². The van der Waals surface area contributed by atoms with Crippen molar-refractivity contribution in [3.05, 3.63) is 11.3 Å². The second kappa shape index (κ2) is 3.28. The van der Waals surface area contributed by atoms with Crippen LogP contribution in [-0.4, -0.2) is 24.8 Å². The highest BCUT2D eigenvalue weighted by Crippen LogP contribution is 2.27. The maximum absolute atomic E-state index is 5.37. The molecule has 2 aliphatic heterocycles. The van der Waals surface area contributed by atoms with Gasteiger partial charge in [0.1, 0.15) is 5.76 Å². The van der Waals surface area contributed by atoms with Gasteiger partial charge in [0.05, 0.1) is 5.56 Å². The van der Waals surface area contributed by atoms with E-state index in [1.807, 2.05) is 0 Å². The van der Waals surface area contributed by atoms with Crippen molar-refractivity contribution in [3.8, 4) is 0 Å². The van der Waals surface area contributed by atoms with E-state index < -0.39 is 0 Å². The Morgan fingerprint density at radius 1 is 1.29 bits per heavy atom. The number of fused-ring (bicyclic) bond motifs is 1. The molecule has 76 valence electrons. The lowest BCUT2D eigenvalue weighted by molar-refractivity contribution is 0.373. The van der Waals surface area contributed by atoms with E-state index in [4.69, 9.17) is 4.52 Å². The van der Waals surface area contributed by atoms with E-state index in [0.29, 0.717) is 0 Å². The summed E-state index contributed by atoms with van der Waals surface area (Å²) in [5.74, 6) is 2.18. The topological polar surface area (TPSA) is 41.3 Å². The molecule has 14 heavy (non-hydrogen) atoms. The monoisotopic (exact) mass is 193 g/mol. The first kappa shape index (κ1) is 8.29.